The van der Waals surface area contributed by atoms with Crippen LogP contribution in [-0.2, 0) is 0 Å². The molecule has 0 N–H and O–H groups in total. The van der Waals surface area contributed by atoms with Gasteiger partial charge in [0.1, 0.15) is 0 Å². The summed E-state index contributed by atoms with van der Waals surface area (Å²) in [6.07, 6.45) is 1.57. The summed E-state index contributed by atoms with van der Waals surface area (Å²) in [5.74, 6) is 0.780. The molecule has 0 radical (unpaired) electrons. The van der Waals surface area contributed by atoms with Gasteiger partial charge in [-0.15, -0.1) is 0 Å². The summed E-state index contributed by atoms with van der Waals surface area (Å²) in [5, 5.41) is 11.3. The number of hydrogen-bond acceptors (Lipinski definition) is 5. The van der Waals surface area contributed by atoms with E-state index in [2.05, 4.69) is 20.9 Å². The summed E-state index contributed by atoms with van der Waals surface area (Å²) in [7, 11) is 3.92. The van der Waals surface area contributed by atoms with Gasteiger partial charge in [0.05, 0.1) is 4.92 Å². The second kappa shape index (κ2) is 6.17. The first-order valence-electron chi connectivity index (χ1n) is 4.58. The molecule has 0 saturated heterocycles. The summed E-state index contributed by atoms with van der Waals surface area (Å²) in [5.41, 5.74) is 0.0538. The van der Waals surface area contributed by atoms with Crippen molar-refractivity contribution in [1.82, 2.24) is 9.88 Å². The van der Waals surface area contributed by atoms with Gasteiger partial charge in [-0.3, -0.25) is 10.1 Å². The third-order valence-electron chi connectivity index (χ3n) is 1.77. The highest BCUT2D eigenvalue weighted by atomic mass is 79.9. The fraction of sp³-hybridized carbons (Fsp3) is 0.444. The van der Waals surface area contributed by atoms with Crippen LogP contribution >= 0.6 is 27.7 Å². The summed E-state index contributed by atoms with van der Waals surface area (Å²) in [6.45, 7) is 0.861. The van der Waals surface area contributed by atoms with Crippen LogP contribution in [0.1, 0.15) is 0 Å². The summed E-state index contributed by atoms with van der Waals surface area (Å²) in [6, 6.07) is 1.48. The Morgan fingerprint density at radius 1 is 1.62 bits per heavy atom. The Hall–Kier alpha value is -0.660. The third-order valence-corrected chi connectivity index (χ3v) is 3.18. The average Bonchev–Trinajstić information content (AvgIpc) is 2.19. The van der Waals surface area contributed by atoms with Crippen LogP contribution in [0.5, 0.6) is 0 Å². The van der Waals surface area contributed by atoms with Gasteiger partial charge in [0.25, 0.3) is 0 Å². The van der Waals surface area contributed by atoms with Crippen LogP contribution in [0.2, 0.25) is 0 Å². The normalized spacial score (nSPS) is 10.8. The average molecular weight is 306 g/mol. The lowest BCUT2D eigenvalue weighted by Gasteiger charge is -2.08. The molecule has 1 rings (SSSR count). The van der Waals surface area contributed by atoms with Crippen molar-refractivity contribution in [3.8, 4) is 0 Å². The van der Waals surface area contributed by atoms with E-state index >= 15 is 0 Å². The minimum absolute atomic E-state index is 0.0538. The van der Waals surface area contributed by atoms with Crippen LogP contribution in [0.4, 0.5) is 5.69 Å². The van der Waals surface area contributed by atoms with Crippen LogP contribution in [0, 0.1) is 10.1 Å². The molecule has 0 aromatic carbocycles. The highest BCUT2D eigenvalue weighted by Gasteiger charge is 2.15. The zero-order valence-electron chi connectivity index (χ0n) is 9.01. The highest BCUT2D eigenvalue weighted by molar-refractivity contribution is 9.10. The molecular weight excluding hydrogens is 294 g/mol. The van der Waals surface area contributed by atoms with Gasteiger partial charge in [0, 0.05) is 29.0 Å². The van der Waals surface area contributed by atoms with Gasteiger partial charge in [-0.25, -0.2) is 4.98 Å². The number of aromatic nitrogens is 1. The van der Waals surface area contributed by atoms with E-state index in [1.54, 1.807) is 6.20 Å². The maximum atomic E-state index is 10.8. The second-order valence-corrected chi connectivity index (χ2v) is 5.39. The minimum atomic E-state index is -0.407. The minimum Gasteiger partial charge on any atom is -0.309 e. The molecule has 0 amide bonds. The summed E-state index contributed by atoms with van der Waals surface area (Å²) in [4.78, 5) is 16.5. The number of nitrogens with zero attached hydrogens (tertiary/aromatic N) is 3. The Labute approximate surface area is 107 Å². The Kier molecular flexibility index (Phi) is 5.17. The molecule has 88 valence electrons. The molecule has 0 saturated carbocycles. The summed E-state index contributed by atoms with van der Waals surface area (Å²) < 4.78 is 0.621. The number of pyridine rings is 1. The van der Waals surface area contributed by atoms with Gasteiger partial charge < -0.3 is 4.90 Å². The molecule has 0 fully saturated rings. The van der Waals surface area contributed by atoms with Crippen molar-refractivity contribution in [2.45, 2.75) is 5.03 Å². The molecule has 7 heteroatoms. The summed E-state index contributed by atoms with van der Waals surface area (Å²) >= 11 is 4.57. The van der Waals surface area contributed by atoms with Gasteiger partial charge >= 0.3 is 5.69 Å². The fourth-order valence-electron chi connectivity index (χ4n) is 0.983. The molecule has 16 heavy (non-hydrogen) atoms. The largest absolute Gasteiger partial charge is 0.309 e. The molecule has 0 aliphatic heterocycles. The molecule has 5 nitrogen and oxygen atoms in total. The van der Waals surface area contributed by atoms with E-state index in [0.29, 0.717) is 9.50 Å². The maximum absolute atomic E-state index is 10.8. The first-order chi connectivity index (χ1) is 7.50. The number of halogens is 1. The molecule has 0 bridgehead atoms. The van der Waals surface area contributed by atoms with Crippen molar-refractivity contribution in [2.75, 3.05) is 26.4 Å². The van der Waals surface area contributed by atoms with E-state index in [1.807, 2.05) is 19.0 Å². The van der Waals surface area contributed by atoms with Crippen molar-refractivity contribution < 1.29 is 4.92 Å². The lowest BCUT2D eigenvalue weighted by atomic mass is 10.4. The van der Waals surface area contributed by atoms with E-state index in [9.17, 15) is 10.1 Å². The predicted octanol–water partition coefficient (Wildman–Crippen LogP) is 2.41. The molecule has 1 aromatic heterocycles. The lowest BCUT2D eigenvalue weighted by molar-refractivity contribution is -0.388. The van der Waals surface area contributed by atoms with Crippen LogP contribution in [0.3, 0.4) is 0 Å². The van der Waals surface area contributed by atoms with Crippen LogP contribution in [-0.4, -0.2) is 41.2 Å². The number of hydrogen-bond donors (Lipinski definition) is 0. The van der Waals surface area contributed by atoms with Crippen LogP contribution in [0.25, 0.3) is 0 Å². The molecule has 0 aliphatic rings. The van der Waals surface area contributed by atoms with Gasteiger partial charge in [-0.1, -0.05) is 11.8 Å². The van der Waals surface area contributed by atoms with Crippen molar-refractivity contribution in [1.29, 1.82) is 0 Å². The topological polar surface area (TPSA) is 59.3 Å². The molecule has 0 atom stereocenters. The zero-order valence-corrected chi connectivity index (χ0v) is 11.4. The van der Waals surface area contributed by atoms with E-state index < -0.39 is 4.92 Å². The molecule has 0 aliphatic carbocycles. The van der Waals surface area contributed by atoms with E-state index in [4.69, 9.17) is 0 Å². The predicted molar refractivity (Wildman–Crippen MR) is 67.9 cm³/mol. The first kappa shape index (κ1) is 13.4. The second-order valence-electron chi connectivity index (χ2n) is 3.39. The van der Waals surface area contributed by atoms with Crippen LogP contribution in [0.15, 0.2) is 21.8 Å². The Balaban J connectivity index is 2.75. The van der Waals surface area contributed by atoms with Crippen LogP contribution < -0.4 is 0 Å². The molecule has 0 spiro atoms. The van der Waals surface area contributed by atoms with Gasteiger partial charge in [-0.2, -0.15) is 0 Å². The monoisotopic (exact) mass is 305 g/mol. The first-order valence-corrected chi connectivity index (χ1v) is 6.36. The van der Waals surface area contributed by atoms with Crippen molar-refractivity contribution in [3.05, 3.63) is 26.9 Å². The Bertz CT molecular complexity index is 387. The van der Waals surface area contributed by atoms with Crippen molar-refractivity contribution in [3.63, 3.8) is 0 Å². The third kappa shape index (κ3) is 4.07. The van der Waals surface area contributed by atoms with E-state index in [0.717, 1.165) is 12.3 Å². The molecule has 0 unspecified atom stereocenters. The SMILES string of the molecule is CN(C)CCSc1ncc(Br)cc1[N+](=O)[O-]. The van der Waals surface area contributed by atoms with Crippen molar-refractivity contribution in [2.24, 2.45) is 0 Å². The molecule has 1 aromatic rings. The standard InChI is InChI=1S/C9H12BrN3O2S/c1-12(2)3-4-16-9-8(13(14)15)5-7(10)6-11-9/h5-6H,3-4H2,1-2H3. The smallest absolute Gasteiger partial charge is 0.302 e. The van der Waals surface area contributed by atoms with E-state index in [1.165, 1.54) is 17.8 Å². The van der Waals surface area contributed by atoms with Crippen molar-refractivity contribution >= 4 is 33.4 Å². The quantitative estimate of drug-likeness (QED) is 0.475. The number of thioether (sulfide) groups is 1. The van der Waals surface area contributed by atoms with Gasteiger partial charge in [0.15, 0.2) is 5.03 Å². The van der Waals surface area contributed by atoms with Gasteiger partial charge in [0.2, 0.25) is 0 Å². The molecule has 1 heterocycles. The molecular formula is C9H12BrN3O2S. The van der Waals surface area contributed by atoms with E-state index in [-0.39, 0.29) is 5.69 Å². The maximum Gasteiger partial charge on any atom is 0.302 e. The Morgan fingerprint density at radius 2 is 2.31 bits per heavy atom. The highest BCUT2D eigenvalue weighted by Crippen LogP contribution is 2.29. The fourth-order valence-corrected chi connectivity index (χ4v) is 2.36. The zero-order chi connectivity index (χ0) is 12.1. The lowest BCUT2D eigenvalue weighted by Crippen LogP contribution is -2.14. The number of rotatable bonds is 5. The van der Waals surface area contributed by atoms with Gasteiger partial charge in [-0.05, 0) is 30.0 Å². The number of nitro groups is 1. The Morgan fingerprint density at radius 3 is 2.88 bits per heavy atom.